The highest BCUT2D eigenvalue weighted by Gasteiger charge is 2.39. The predicted octanol–water partition coefficient (Wildman–Crippen LogP) is 0.408. The highest BCUT2D eigenvalue weighted by Crippen LogP contribution is 2.26. The van der Waals surface area contributed by atoms with Gasteiger partial charge in [0.15, 0.2) is 0 Å². The van der Waals surface area contributed by atoms with E-state index in [-0.39, 0.29) is 18.1 Å². The van der Waals surface area contributed by atoms with Gasteiger partial charge in [-0.25, -0.2) is 13.4 Å². The van der Waals surface area contributed by atoms with Gasteiger partial charge >= 0.3 is 0 Å². The summed E-state index contributed by atoms with van der Waals surface area (Å²) < 4.78 is 31.1. The fraction of sp³-hybridized carbons (Fsp3) is 0.692. The maximum absolute atomic E-state index is 12.4. The Kier molecular flexibility index (Phi) is 4.49. The number of sulfonamides is 1. The minimum absolute atomic E-state index is 0.0918. The lowest BCUT2D eigenvalue weighted by Gasteiger charge is -2.38. The van der Waals surface area contributed by atoms with Gasteiger partial charge in [0.1, 0.15) is 5.69 Å². The minimum atomic E-state index is -3.25. The Morgan fingerprint density at radius 1 is 1.36 bits per heavy atom. The first kappa shape index (κ1) is 15.9. The van der Waals surface area contributed by atoms with Gasteiger partial charge < -0.3 is 9.64 Å². The van der Waals surface area contributed by atoms with Crippen LogP contribution in [0.1, 0.15) is 23.3 Å². The van der Waals surface area contributed by atoms with Crippen LogP contribution in [0.3, 0.4) is 0 Å². The van der Waals surface area contributed by atoms with Gasteiger partial charge in [-0.1, -0.05) is 0 Å². The van der Waals surface area contributed by atoms with E-state index in [0.29, 0.717) is 44.8 Å². The van der Waals surface area contributed by atoms with E-state index in [1.165, 1.54) is 21.9 Å². The third-order valence-electron chi connectivity index (χ3n) is 4.19. The lowest BCUT2D eigenvalue weighted by atomic mass is 10.0. The molecule has 1 aromatic heterocycles. The van der Waals surface area contributed by atoms with Crippen molar-refractivity contribution in [1.29, 1.82) is 0 Å². The van der Waals surface area contributed by atoms with Crippen LogP contribution in [0.5, 0.6) is 0 Å². The molecule has 122 valence electrons. The number of carbonyl (C=O) groups is 1. The monoisotopic (exact) mass is 345 g/mol. The van der Waals surface area contributed by atoms with Crippen LogP contribution >= 0.6 is 11.3 Å². The van der Waals surface area contributed by atoms with Gasteiger partial charge in [-0.3, -0.25) is 4.79 Å². The average Bonchev–Trinajstić information content (AvgIpc) is 2.92. The maximum Gasteiger partial charge on any atom is 0.273 e. The SMILES string of the molecule is CS(=O)(=O)N1CCO[C@H]2CCN(C(=O)c3cscn3)CC[C@H]21. The number of hydrogen-bond acceptors (Lipinski definition) is 6. The van der Waals surface area contributed by atoms with Crippen LogP contribution in [0.2, 0.25) is 0 Å². The summed E-state index contributed by atoms with van der Waals surface area (Å²) in [5.41, 5.74) is 2.09. The molecule has 0 saturated carbocycles. The molecule has 0 aliphatic carbocycles. The van der Waals surface area contributed by atoms with E-state index < -0.39 is 10.0 Å². The normalized spacial score (nSPS) is 27.2. The predicted molar refractivity (Wildman–Crippen MR) is 82.3 cm³/mol. The van der Waals surface area contributed by atoms with Crippen molar-refractivity contribution in [2.75, 3.05) is 32.5 Å². The summed E-state index contributed by atoms with van der Waals surface area (Å²) in [5.74, 6) is -0.0918. The molecule has 0 spiro atoms. The highest BCUT2D eigenvalue weighted by molar-refractivity contribution is 7.88. The summed E-state index contributed by atoms with van der Waals surface area (Å²) in [6.07, 6.45) is 2.33. The Morgan fingerprint density at radius 3 is 2.82 bits per heavy atom. The topological polar surface area (TPSA) is 79.8 Å². The second kappa shape index (κ2) is 6.23. The fourth-order valence-electron chi connectivity index (χ4n) is 3.14. The van der Waals surface area contributed by atoms with Crippen molar-refractivity contribution >= 4 is 27.3 Å². The lowest BCUT2D eigenvalue weighted by molar-refractivity contribution is -0.0406. The number of thiazole rings is 1. The van der Waals surface area contributed by atoms with E-state index in [1.54, 1.807) is 15.8 Å². The number of nitrogens with zero attached hydrogens (tertiary/aromatic N) is 3. The van der Waals surface area contributed by atoms with Gasteiger partial charge in [0.05, 0.1) is 30.5 Å². The molecular formula is C13H19N3O4S2. The molecule has 1 aromatic rings. The van der Waals surface area contributed by atoms with Gasteiger partial charge in [0.2, 0.25) is 10.0 Å². The molecule has 0 unspecified atom stereocenters. The smallest absolute Gasteiger partial charge is 0.273 e. The summed E-state index contributed by atoms with van der Waals surface area (Å²) in [4.78, 5) is 18.2. The summed E-state index contributed by atoms with van der Waals surface area (Å²) >= 11 is 1.39. The molecule has 9 heteroatoms. The summed E-state index contributed by atoms with van der Waals surface area (Å²) in [6.45, 7) is 1.89. The zero-order valence-electron chi connectivity index (χ0n) is 12.3. The molecule has 2 aliphatic rings. The zero-order chi connectivity index (χ0) is 15.7. The molecular weight excluding hydrogens is 326 g/mol. The van der Waals surface area contributed by atoms with Crippen molar-refractivity contribution in [2.45, 2.75) is 25.0 Å². The van der Waals surface area contributed by atoms with E-state index >= 15 is 0 Å². The number of rotatable bonds is 2. The van der Waals surface area contributed by atoms with Crippen LogP contribution in [0, 0.1) is 0 Å². The number of amides is 1. The van der Waals surface area contributed by atoms with Gasteiger partial charge in [0, 0.05) is 25.0 Å². The molecule has 1 amide bonds. The van der Waals surface area contributed by atoms with Gasteiger partial charge in [-0.05, 0) is 12.8 Å². The molecule has 3 heterocycles. The second-order valence-electron chi connectivity index (χ2n) is 5.59. The maximum atomic E-state index is 12.4. The van der Waals surface area contributed by atoms with Gasteiger partial charge in [0.25, 0.3) is 5.91 Å². The van der Waals surface area contributed by atoms with Crippen LogP contribution in [0.25, 0.3) is 0 Å². The number of ether oxygens (including phenoxy) is 1. The van der Waals surface area contributed by atoms with Crippen molar-refractivity contribution in [1.82, 2.24) is 14.2 Å². The molecule has 22 heavy (non-hydrogen) atoms. The van der Waals surface area contributed by atoms with Crippen molar-refractivity contribution in [2.24, 2.45) is 0 Å². The van der Waals surface area contributed by atoms with Gasteiger partial charge in [-0.2, -0.15) is 4.31 Å². The molecule has 2 fully saturated rings. The van der Waals surface area contributed by atoms with Gasteiger partial charge in [-0.15, -0.1) is 11.3 Å². The van der Waals surface area contributed by atoms with Crippen LogP contribution in [-0.2, 0) is 14.8 Å². The Labute approximate surface area is 133 Å². The highest BCUT2D eigenvalue weighted by atomic mass is 32.2. The molecule has 0 radical (unpaired) electrons. The minimum Gasteiger partial charge on any atom is -0.375 e. The van der Waals surface area contributed by atoms with E-state index in [9.17, 15) is 13.2 Å². The number of likely N-dealkylation sites (tertiary alicyclic amines) is 1. The average molecular weight is 345 g/mol. The van der Waals surface area contributed by atoms with Crippen LogP contribution in [0.15, 0.2) is 10.9 Å². The largest absolute Gasteiger partial charge is 0.375 e. The van der Waals surface area contributed by atoms with Crippen LogP contribution in [-0.4, -0.2) is 73.2 Å². The van der Waals surface area contributed by atoms with E-state index in [2.05, 4.69) is 4.98 Å². The summed E-state index contributed by atoms with van der Waals surface area (Å²) in [6, 6.07) is -0.183. The quantitative estimate of drug-likeness (QED) is 0.775. The molecule has 2 aliphatic heterocycles. The summed E-state index contributed by atoms with van der Waals surface area (Å²) in [5, 5.41) is 1.74. The Hall–Kier alpha value is -1.03. The molecule has 2 saturated heterocycles. The molecule has 0 N–H and O–H groups in total. The number of fused-ring (bicyclic) bond motifs is 1. The number of hydrogen-bond donors (Lipinski definition) is 0. The Bertz CT molecular complexity index is 632. The molecule has 2 atom stereocenters. The third kappa shape index (κ3) is 3.17. The number of morpholine rings is 1. The van der Waals surface area contributed by atoms with E-state index in [0.717, 1.165) is 0 Å². The van der Waals surface area contributed by atoms with Crippen molar-refractivity contribution in [3.8, 4) is 0 Å². The summed E-state index contributed by atoms with van der Waals surface area (Å²) in [7, 11) is -3.25. The molecule has 0 bridgehead atoms. The first-order valence-electron chi connectivity index (χ1n) is 7.22. The molecule has 7 nitrogen and oxygen atoms in total. The third-order valence-corrected chi connectivity index (χ3v) is 6.08. The first-order valence-corrected chi connectivity index (χ1v) is 10.0. The second-order valence-corrected chi connectivity index (χ2v) is 8.25. The van der Waals surface area contributed by atoms with Crippen molar-refractivity contribution < 1.29 is 17.9 Å². The first-order chi connectivity index (χ1) is 10.5. The van der Waals surface area contributed by atoms with E-state index in [1.807, 2.05) is 0 Å². The van der Waals surface area contributed by atoms with E-state index in [4.69, 9.17) is 4.74 Å². The van der Waals surface area contributed by atoms with Crippen molar-refractivity contribution in [3.63, 3.8) is 0 Å². The lowest BCUT2D eigenvalue weighted by Crippen LogP contribution is -2.53. The zero-order valence-corrected chi connectivity index (χ0v) is 14.0. The fourth-order valence-corrected chi connectivity index (χ4v) is 4.81. The Morgan fingerprint density at radius 2 is 2.14 bits per heavy atom. The van der Waals surface area contributed by atoms with Crippen LogP contribution in [0.4, 0.5) is 0 Å². The number of aromatic nitrogens is 1. The standard InChI is InChI=1S/C13H19N3O4S2/c1-22(18,19)16-6-7-20-12-3-5-15(4-2-11(12)16)13(17)10-8-21-9-14-10/h8-9,11-12H,2-7H2,1H3/t11-,12+/m1/s1. The van der Waals surface area contributed by atoms with Crippen LogP contribution < -0.4 is 0 Å². The molecule has 3 rings (SSSR count). The van der Waals surface area contributed by atoms with Crippen molar-refractivity contribution in [3.05, 3.63) is 16.6 Å². The number of carbonyl (C=O) groups excluding carboxylic acids is 1. The Balaban J connectivity index is 1.75. The molecule has 0 aromatic carbocycles.